The van der Waals surface area contributed by atoms with E-state index in [1.165, 1.54) is 0 Å². The van der Waals surface area contributed by atoms with Gasteiger partial charge in [-0.1, -0.05) is 0 Å². The van der Waals surface area contributed by atoms with Crippen molar-refractivity contribution in [2.75, 3.05) is 5.73 Å². The van der Waals surface area contributed by atoms with Gasteiger partial charge in [0.25, 0.3) is 0 Å². The van der Waals surface area contributed by atoms with Crippen molar-refractivity contribution in [2.24, 2.45) is 0 Å². The smallest absolute Gasteiger partial charge is 0.167 e. The number of nitrogens with zero attached hydrogens (tertiary/aromatic N) is 1. The van der Waals surface area contributed by atoms with Gasteiger partial charge in [-0.15, -0.1) is 0 Å². The predicted molar refractivity (Wildman–Crippen MR) is 64.1 cm³/mol. The fourth-order valence-corrected chi connectivity index (χ4v) is 1.51. The van der Waals surface area contributed by atoms with Crippen LogP contribution in [0.3, 0.4) is 0 Å². The van der Waals surface area contributed by atoms with Gasteiger partial charge in [-0.05, 0) is 18.6 Å². The van der Waals surface area contributed by atoms with Crippen LogP contribution in [0.4, 0.5) is 14.5 Å². The summed E-state index contributed by atoms with van der Waals surface area (Å²) >= 11 is 0. The van der Waals surface area contributed by atoms with Crippen LogP contribution in [-0.4, -0.2) is 4.98 Å². The summed E-state index contributed by atoms with van der Waals surface area (Å²) < 4.78 is 31.8. The van der Waals surface area contributed by atoms with Gasteiger partial charge in [-0.25, -0.2) is 8.78 Å². The quantitative estimate of drug-likeness (QED) is 0.852. The molecule has 0 radical (unpaired) electrons. The third-order valence-electron chi connectivity index (χ3n) is 2.38. The Hall–Kier alpha value is -2.17. The molecule has 0 atom stereocenters. The molecule has 0 amide bonds. The normalized spacial score (nSPS) is 10.4. The lowest BCUT2D eigenvalue weighted by Gasteiger charge is -2.08. The Balaban J connectivity index is 2.13. The van der Waals surface area contributed by atoms with Crippen molar-refractivity contribution < 1.29 is 13.5 Å². The molecule has 0 aliphatic carbocycles. The molecule has 0 aliphatic rings. The lowest BCUT2D eigenvalue weighted by Crippen LogP contribution is -2.00. The number of halogens is 2. The van der Waals surface area contributed by atoms with Gasteiger partial charge >= 0.3 is 0 Å². The molecule has 5 heteroatoms. The summed E-state index contributed by atoms with van der Waals surface area (Å²) in [6.07, 6.45) is 3.31. The molecule has 2 aromatic rings. The van der Waals surface area contributed by atoms with Crippen LogP contribution < -0.4 is 10.5 Å². The standard InChI is InChI=1S/C13H12F2N2O/c1-8-2-9(6-17-5-8)7-18-13-4-10(14)12(16)3-11(13)15/h2-6H,7,16H2,1H3. The molecular formula is C13H12F2N2O. The van der Waals surface area contributed by atoms with Crippen molar-refractivity contribution in [3.05, 3.63) is 53.4 Å². The molecular weight excluding hydrogens is 238 g/mol. The average Bonchev–Trinajstić information content (AvgIpc) is 2.32. The third kappa shape index (κ3) is 2.74. The van der Waals surface area contributed by atoms with Crippen LogP contribution in [0, 0.1) is 18.6 Å². The first-order chi connectivity index (χ1) is 8.56. The fraction of sp³-hybridized carbons (Fsp3) is 0.154. The first kappa shape index (κ1) is 12.3. The van der Waals surface area contributed by atoms with E-state index in [1.54, 1.807) is 12.4 Å². The number of nitrogen functional groups attached to an aromatic ring is 1. The highest BCUT2D eigenvalue weighted by molar-refractivity contribution is 5.44. The Kier molecular flexibility index (Phi) is 3.41. The van der Waals surface area contributed by atoms with Gasteiger partial charge in [0.15, 0.2) is 11.6 Å². The number of hydrogen-bond donors (Lipinski definition) is 1. The highest BCUT2D eigenvalue weighted by Crippen LogP contribution is 2.23. The zero-order chi connectivity index (χ0) is 13.1. The molecule has 1 aromatic carbocycles. The van der Waals surface area contributed by atoms with Crippen LogP contribution in [0.1, 0.15) is 11.1 Å². The molecule has 0 saturated carbocycles. The van der Waals surface area contributed by atoms with Gasteiger partial charge in [0.1, 0.15) is 12.4 Å². The van der Waals surface area contributed by atoms with Gasteiger partial charge in [0.05, 0.1) is 5.69 Å². The molecule has 3 nitrogen and oxygen atoms in total. The monoisotopic (exact) mass is 250 g/mol. The molecule has 0 spiro atoms. The van der Waals surface area contributed by atoms with Crippen molar-refractivity contribution in [3.8, 4) is 5.75 Å². The molecule has 0 saturated heterocycles. The highest BCUT2D eigenvalue weighted by Gasteiger charge is 2.09. The number of ether oxygens (including phenoxy) is 1. The maximum atomic E-state index is 13.4. The minimum absolute atomic E-state index is 0.120. The number of nitrogens with two attached hydrogens (primary N) is 1. The lowest BCUT2D eigenvalue weighted by atomic mass is 10.2. The summed E-state index contributed by atoms with van der Waals surface area (Å²) in [5, 5.41) is 0. The predicted octanol–water partition coefficient (Wildman–Crippen LogP) is 2.83. The molecule has 0 fully saturated rings. The Morgan fingerprint density at radius 1 is 1.17 bits per heavy atom. The Morgan fingerprint density at radius 3 is 2.67 bits per heavy atom. The maximum Gasteiger partial charge on any atom is 0.167 e. The Morgan fingerprint density at radius 2 is 1.94 bits per heavy atom. The molecule has 94 valence electrons. The summed E-state index contributed by atoms with van der Waals surface area (Å²) in [4.78, 5) is 3.98. The Bertz CT molecular complexity index is 573. The number of benzene rings is 1. The molecule has 0 unspecified atom stereocenters. The van der Waals surface area contributed by atoms with E-state index in [0.29, 0.717) is 0 Å². The Labute approximate surface area is 103 Å². The summed E-state index contributed by atoms with van der Waals surface area (Å²) in [6, 6.07) is 3.70. The number of aryl methyl sites for hydroxylation is 1. The highest BCUT2D eigenvalue weighted by atomic mass is 19.1. The van der Waals surface area contributed by atoms with Crippen LogP contribution >= 0.6 is 0 Å². The maximum absolute atomic E-state index is 13.4. The van der Waals surface area contributed by atoms with E-state index in [0.717, 1.165) is 23.3 Å². The summed E-state index contributed by atoms with van der Waals surface area (Å²) in [7, 11) is 0. The molecule has 2 N–H and O–H groups in total. The molecule has 1 aromatic heterocycles. The van der Waals surface area contributed by atoms with Crippen molar-refractivity contribution in [1.82, 2.24) is 4.98 Å². The first-order valence-corrected chi connectivity index (χ1v) is 5.34. The number of pyridine rings is 1. The number of anilines is 1. The van der Waals surface area contributed by atoms with E-state index in [1.807, 2.05) is 13.0 Å². The molecule has 2 rings (SSSR count). The van der Waals surface area contributed by atoms with Crippen molar-refractivity contribution in [2.45, 2.75) is 13.5 Å². The molecule has 0 aliphatic heterocycles. The minimum atomic E-state index is -0.700. The average molecular weight is 250 g/mol. The largest absolute Gasteiger partial charge is 0.486 e. The summed E-state index contributed by atoms with van der Waals surface area (Å²) in [5.74, 6) is -1.55. The minimum Gasteiger partial charge on any atom is -0.486 e. The second-order valence-corrected chi connectivity index (χ2v) is 3.96. The van der Waals surface area contributed by atoms with Gasteiger partial charge < -0.3 is 10.5 Å². The van der Waals surface area contributed by atoms with Crippen LogP contribution in [0.25, 0.3) is 0 Å². The topological polar surface area (TPSA) is 48.1 Å². The second-order valence-electron chi connectivity index (χ2n) is 3.96. The summed E-state index contributed by atoms with van der Waals surface area (Å²) in [5.41, 5.74) is 6.75. The molecule has 0 bridgehead atoms. The number of hydrogen-bond acceptors (Lipinski definition) is 3. The molecule has 1 heterocycles. The SMILES string of the molecule is Cc1cncc(COc2cc(F)c(N)cc2F)c1. The zero-order valence-corrected chi connectivity index (χ0v) is 9.78. The lowest BCUT2D eigenvalue weighted by molar-refractivity contribution is 0.288. The van der Waals surface area contributed by atoms with E-state index in [-0.39, 0.29) is 18.0 Å². The van der Waals surface area contributed by atoms with Gasteiger partial charge in [0, 0.05) is 30.1 Å². The van der Waals surface area contributed by atoms with E-state index in [4.69, 9.17) is 10.5 Å². The van der Waals surface area contributed by atoms with E-state index in [2.05, 4.69) is 4.98 Å². The van der Waals surface area contributed by atoms with Crippen LogP contribution in [0.15, 0.2) is 30.6 Å². The van der Waals surface area contributed by atoms with E-state index in [9.17, 15) is 8.78 Å². The second kappa shape index (κ2) is 5.00. The van der Waals surface area contributed by atoms with E-state index < -0.39 is 11.6 Å². The van der Waals surface area contributed by atoms with Crippen molar-refractivity contribution in [3.63, 3.8) is 0 Å². The van der Waals surface area contributed by atoms with Crippen molar-refractivity contribution in [1.29, 1.82) is 0 Å². The number of aromatic nitrogens is 1. The van der Waals surface area contributed by atoms with Gasteiger partial charge in [-0.2, -0.15) is 0 Å². The molecule has 18 heavy (non-hydrogen) atoms. The van der Waals surface area contributed by atoms with Gasteiger partial charge in [-0.3, -0.25) is 4.98 Å². The van der Waals surface area contributed by atoms with Crippen LogP contribution in [0.2, 0.25) is 0 Å². The van der Waals surface area contributed by atoms with Crippen LogP contribution in [-0.2, 0) is 6.61 Å². The zero-order valence-electron chi connectivity index (χ0n) is 9.78. The third-order valence-corrected chi connectivity index (χ3v) is 2.38. The number of rotatable bonds is 3. The van der Waals surface area contributed by atoms with Crippen molar-refractivity contribution >= 4 is 5.69 Å². The summed E-state index contributed by atoms with van der Waals surface area (Å²) in [6.45, 7) is 2.01. The fourth-order valence-electron chi connectivity index (χ4n) is 1.51. The van der Waals surface area contributed by atoms with Gasteiger partial charge in [0.2, 0.25) is 0 Å². The first-order valence-electron chi connectivity index (χ1n) is 5.34. The van der Waals surface area contributed by atoms with E-state index >= 15 is 0 Å². The van der Waals surface area contributed by atoms with Crippen LogP contribution in [0.5, 0.6) is 5.75 Å².